The van der Waals surface area contributed by atoms with Gasteiger partial charge in [-0.2, -0.15) is 5.10 Å². The molecule has 0 unspecified atom stereocenters. The molecule has 1 heterocycles. The van der Waals surface area contributed by atoms with Gasteiger partial charge in [-0.3, -0.25) is 0 Å². The Morgan fingerprint density at radius 3 is 2.67 bits per heavy atom. The fourth-order valence-corrected chi connectivity index (χ4v) is 2.85. The molecule has 0 spiro atoms. The van der Waals surface area contributed by atoms with Gasteiger partial charge in [0.05, 0.1) is 11.9 Å². The molecule has 0 saturated carbocycles. The third kappa shape index (κ3) is 2.76. The van der Waals surface area contributed by atoms with Crippen LogP contribution in [0.3, 0.4) is 0 Å². The Balaban J connectivity index is 2.44. The lowest BCUT2D eigenvalue weighted by atomic mass is 10.2. The maximum atomic E-state index is 11.4. The Morgan fingerprint density at radius 1 is 1.44 bits per heavy atom. The summed E-state index contributed by atoms with van der Waals surface area (Å²) in [5.41, 5.74) is 1.69. The van der Waals surface area contributed by atoms with Gasteiger partial charge in [0.25, 0.3) is 0 Å². The molecule has 0 N–H and O–H groups in total. The van der Waals surface area contributed by atoms with E-state index in [-0.39, 0.29) is 4.90 Å². The minimum atomic E-state index is -3.24. The molecule has 2 aromatic rings. The highest BCUT2D eigenvalue weighted by molar-refractivity contribution is 9.08. The lowest BCUT2D eigenvalue weighted by molar-refractivity contribution is 0.602. The zero-order valence-corrected chi connectivity index (χ0v) is 12.6. The van der Waals surface area contributed by atoms with Crippen LogP contribution in [0.15, 0.2) is 35.5 Å². The van der Waals surface area contributed by atoms with E-state index >= 15 is 0 Å². The lowest BCUT2D eigenvalue weighted by Gasteiger charge is -2.04. The van der Waals surface area contributed by atoms with E-state index in [0.29, 0.717) is 10.4 Å². The number of aromatic nitrogens is 2. The van der Waals surface area contributed by atoms with Crippen LogP contribution in [-0.4, -0.2) is 24.5 Å². The summed E-state index contributed by atoms with van der Waals surface area (Å²) >= 11 is 9.42. The molecule has 0 aliphatic heterocycles. The van der Waals surface area contributed by atoms with Gasteiger partial charge in [-0.1, -0.05) is 33.6 Å². The van der Waals surface area contributed by atoms with Crippen molar-refractivity contribution in [2.24, 2.45) is 0 Å². The summed E-state index contributed by atoms with van der Waals surface area (Å²) in [4.78, 5) is 0.184. The molecule has 1 aromatic heterocycles. The Labute approximate surface area is 119 Å². The smallest absolute Gasteiger partial charge is 0.178 e. The summed E-state index contributed by atoms with van der Waals surface area (Å²) in [6.45, 7) is 0. The Kier molecular flexibility index (Phi) is 3.79. The van der Waals surface area contributed by atoms with Crippen LogP contribution in [0.1, 0.15) is 5.56 Å². The summed E-state index contributed by atoms with van der Waals surface area (Å²) in [6, 6.07) is 5.45. The van der Waals surface area contributed by atoms with E-state index in [2.05, 4.69) is 21.0 Å². The Hall–Kier alpha value is -0.850. The molecule has 7 heteroatoms. The maximum absolute atomic E-state index is 11.4. The van der Waals surface area contributed by atoms with Gasteiger partial charge in [-0.15, -0.1) is 0 Å². The van der Waals surface area contributed by atoms with Crippen molar-refractivity contribution in [3.8, 4) is 5.69 Å². The molecule has 0 bridgehead atoms. The SMILES string of the molecule is CS(=O)(=O)c1cnn(-c2ccc(CBr)c(Cl)c2)c1. The number of benzene rings is 1. The van der Waals surface area contributed by atoms with Crippen LogP contribution in [0.5, 0.6) is 0 Å². The summed E-state index contributed by atoms with van der Waals surface area (Å²) in [5.74, 6) is 0. The van der Waals surface area contributed by atoms with Crippen molar-refractivity contribution in [3.05, 3.63) is 41.2 Å². The zero-order valence-electron chi connectivity index (χ0n) is 9.47. The molecule has 0 amide bonds. The molecule has 96 valence electrons. The molecule has 0 saturated heterocycles. The molecule has 18 heavy (non-hydrogen) atoms. The zero-order chi connectivity index (χ0) is 13.3. The fourth-order valence-electron chi connectivity index (χ4n) is 1.43. The highest BCUT2D eigenvalue weighted by Gasteiger charge is 2.11. The van der Waals surface area contributed by atoms with Crippen LogP contribution < -0.4 is 0 Å². The highest BCUT2D eigenvalue weighted by atomic mass is 79.9. The lowest BCUT2D eigenvalue weighted by Crippen LogP contribution is -1.96. The number of rotatable bonds is 3. The highest BCUT2D eigenvalue weighted by Crippen LogP contribution is 2.22. The van der Waals surface area contributed by atoms with Gasteiger partial charge in [0.1, 0.15) is 4.90 Å². The summed E-state index contributed by atoms with van der Waals surface area (Å²) in [7, 11) is -3.24. The Bertz CT molecular complexity index is 682. The van der Waals surface area contributed by atoms with Crippen LogP contribution in [0.4, 0.5) is 0 Å². The van der Waals surface area contributed by atoms with Crippen molar-refractivity contribution < 1.29 is 8.42 Å². The van der Waals surface area contributed by atoms with Crippen molar-refractivity contribution in [3.63, 3.8) is 0 Å². The van der Waals surface area contributed by atoms with E-state index in [0.717, 1.165) is 17.5 Å². The van der Waals surface area contributed by atoms with E-state index in [1.165, 1.54) is 17.1 Å². The molecule has 0 aliphatic rings. The van der Waals surface area contributed by atoms with Crippen LogP contribution in [-0.2, 0) is 15.2 Å². The van der Waals surface area contributed by atoms with Crippen LogP contribution in [0, 0.1) is 0 Å². The molecule has 0 atom stereocenters. The number of hydrogen-bond donors (Lipinski definition) is 0. The van der Waals surface area contributed by atoms with Gasteiger partial charge in [0, 0.05) is 22.8 Å². The van der Waals surface area contributed by atoms with Crippen molar-refractivity contribution in [1.29, 1.82) is 0 Å². The molecule has 1 aromatic carbocycles. The topological polar surface area (TPSA) is 52.0 Å². The van der Waals surface area contributed by atoms with E-state index in [4.69, 9.17) is 11.6 Å². The fraction of sp³-hybridized carbons (Fsp3) is 0.182. The van der Waals surface area contributed by atoms with Crippen molar-refractivity contribution in [1.82, 2.24) is 9.78 Å². The van der Waals surface area contributed by atoms with E-state index < -0.39 is 9.84 Å². The van der Waals surface area contributed by atoms with Crippen LogP contribution in [0.2, 0.25) is 5.02 Å². The van der Waals surface area contributed by atoms with Crippen molar-refractivity contribution >= 4 is 37.4 Å². The average molecular weight is 350 g/mol. The van der Waals surface area contributed by atoms with Crippen LogP contribution in [0.25, 0.3) is 5.69 Å². The maximum Gasteiger partial charge on any atom is 0.178 e. The summed E-state index contributed by atoms with van der Waals surface area (Å²) in [5, 5.41) is 5.29. The van der Waals surface area contributed by atoms with E-state index in [9.17, 15) is 8.42 Å². The molecule has 4 nitrogen and oxygen atoms in total. The second kappa shape index (κ2) is 5.03. The molecule has 0 fully saturated rings. The second-order valence-corrected chi connectivity index (χ2v) is 6.79. The second-order valence-electron chi connectivity index (χ2n) is 3.80. The normalized spacial score (nSPS) is 11.7. The first-order valence-electron chi connectivity index (χ1n) is 5.01. The molecule has 2 rings (SSSR count). The minimum Gasteiger partial charge on any atom is -0.240 e. The Morgan fingerprint density at radius 2 is 2.17 bits per heavy atom. The molecular formula is C11H10BrClN2O2S. The number of halogens is 2. The van der Waals surface area contributed by atoms with Gasteiger partial charge >= 0.3 is 0 Å². The number of alkyl halides is 1. The van der Waals surface area contributed by atoms with Gasteiger partial charge in [0.2, 0.25) is 0 Å². The largest absolute Gasteiger partial charge is 0.240 e. The van der Waals surface area contributed by atoms with Crippen molar-refractivity contribution in [2.45, 2.75) is 10.2 Å². The monoisotopic (exact) mass is 348 g/mol. The van der Waals surface area contributed by atoms with E-state index in [1.54, 1.807) is 6.07 Å². The first kappa shape index (κ1) is 13.6. The quantitative estimate of drug-likeness (QED) is 0.801. The molecular weight excluding hydrogens is 340 g/mol. The standard InChI is InChI=1S/C11H10BrClN2O2S/c1-18(16,17)10-6-14-15(7-10)9-3-2-8(5-12)11(13)4-9/h2-4,6-7H,5H2,1H3. The average Bonchev–Trinajstić information content (AvgIpc) is 2.77. The van der Waals surface area contributed by atoms with Crippen molar-refractivity contribution in [2.75, 3.05) is 6.26 Å². The van der Waals surface area contributed by atoms with Crippen LogP contribution >= 0.6 is 27.5 Å². The van der Waals surface area contributed by atoms with E-state index in [1.807, 2.05) is 12.1 Å². The first-order chi connectivity index (χ1) is 8.41. The molecule has 0 aliphatic carbocycles. The predicted molar refractivity (Wildman–Crippen MR) is 74.3 cm³/mol. The molecule has 0 radical (unpaired) electrons. The third-order valence-corrected chi connectivity index (χ3v) is 4.46. The minimum absolute atomic E-state index is 0.184. The van der Waals surface area contributed by atoms with Gasteiger partial charge in [-0.25, -0.2) is 13.1 Å². The van der Waals surface area contributed by atoms with Gasteiger partial charge in [0.15, 0.2) is 9.84 Å². The number of sulfone groups is 1. The number of hydrogen-bond acceptors (Lipinski definition) is 3. The predicted octanol–water partition coefficient (Wildman–Crippen LogP) is 2.82. The first-order valence-corrected chi connectivity index (χ1v) is 8.40. The number of nitrogens with zero attached hydrogens (tertiary/aromatic N) is 2. The van der Waals surface area contributed by atoms with Gasteiger partial charge in [-0.05, 0) is 17.7 Å². The van der Waals surface area contributed by atoms with Gasteiger partial charge < -0.3 is 0 Å². The summed E-state index contributed by atoms with van der Waals surface area (Å²) in [6.07, 6.45) is 3.94. The summed E-state index contributed by atoms with van der Waals surface area (Å²) < 4.78 is 24.2. The third-order valence-electron chi connectivity index (χ3n) is 2.43.